The molecule has 1 atom stereocenters. The Morgan fingerprint density at radius 2 is 2.00 bits per heavy atom. The minimum absolute atomic E-state index is 0.623. The summed E-state index contributed by atoms with van der Waals surface area (Å²) in [4.78, 5) is 0. The van der Waals surface area contributed by atoms with E-state index in [-0.39, 0.29) is 0 Å². The number of hydrogen-bond donors (Lipinski definition) is 1. The van der Waals surface area contributed by atoms with Crippen LogP contribution in [0.5, 0.6) is 0 Å². The van der Waals surface area contributed by atoms with Crippen LogP contribution in [0.3, 0.4) is 0 Å². The average molecular weight is 201 g/mol. The summed E-state index contributed by atoms with van der Waals surface area (Å²) >= 11 is 0. The van der Waals surface area contributed by atoms with E-state index in [4.69, 9.17) is 0 Å². The van der Waals surface area contributed by atoms with Crippen LogP contribution in [0.1, 0.15) is 31.2 Å². The van der Waals surface area contributed by atoms with Crippen molar-refractivity contribution in [1.29, 1.82) is 0 Å². The van der Waals surface area contributed by atoms with Gasteiger partial charge in [-0.1, -0.05) is 30.3 Å². The summed E-state index contributed by atoms with van der Waals surface area (Å²) in [5, 5.41) is 3.68. The lowest BCUT2D eigenvalue weighted by molar-refractivity contribution is 0.363. The molecule has 1 nitrogen and oxygen atoms in total. The molecule has 0 bridgehead atoms. The summed E-state index contributed by atoms with van der Waals surface area (Å²) in [6.07, 6.45) is 6.92. The second-order valence-electron chi connectivity index (χ2n) is 5.17. The van der Waals surface area contributed by atoms with E-state index in [0.29, 0.717) is 5.41 Å². The molecule has 80 valence electrons. The van der Waals surface area contributed by atoms with Gasteiger partial charge in [0.2, 0.25) is 0 Å². The summed E-state index contributed by atoms with van der Waals surface area (Å²) in [7, 11) is 0. The molecule has 1 aromatic carbocycles. The molecule has 0 radical (unpaired) electrons. The lowest BCUT2D eigenvalue weighted by atomic mass is 9.88. The van der Waals surface area contributed by atoms with Crippen molar-refractivity contribution in [3.63, 3.8) is 0 Å². The van der Waals surface area contributed by atoms with Gasteiger partial charge in [-0.3, -0.25) is 0 Å². The average Bonchev–Trinajstić information content (AvgIpc) is 2.84. The van der Waals surface area contributed by atoms with Crippen molar-refractivity contribution in [2.75, 3.05) is 6.54 Å². The van der Waals surface area contributed by atoms with E-state index >= 15 is 0 Å². The van der Waals surface area contributed by atoms with E-state index in [1.807, 2.05) is 0 Å². The molecule has 2 fully saturated rings. The van der Waals surface area contributed by atoms with Crippen LogP contribution in [-0.4, -0.2) is 12.6 Å². The molecule has 2 aliphatic rings. The highest BCUT2D eigenvalue weighted by Crippen LogP contribution is 2.53. The van der Waals surface area contributed by atoms with Crippen molar-refractivity contribution in [3.05, 3.63) is 35.9 Å². The Hall–Kier alpha value is -0.820. The minimum atomic E-state index is 0.623. The molecule has 1 heteroatoms. The van der Waals surface area contributed by atoms with Gasteiger partial charge in [-0.15, -0.1) is 0 Å². The summed E-state index contributed by atoms with van der Waals surface area (Å²) in [6, 6.07) is 11.8. The fourth-order valence-corrected chi connectivity index (χ4v) is 3.02. The van der Waals surface area contributed by atoms with Crippen molar-refractivity contribution < 1.29 is 0 Å². The zero-order valence-corrected chi connectivity index (χ0v) is 9.21. The van der Waals surface area contributed by atoms with Gasteiger partial charge < -0.3 is 5.32 Å². The van der Waals surface area contributed by atoms with Crippen LogP contribution in [-0.2, 0) is 6.42 Å². The predicted octanol–water partition coefficient (Wildman–Crippen LogP) is 2.76. The largest absolute Gasteiger partial charge is 0.313 e. The fraction of sp³-hybridized carbons (Fsp3) is 0.571. The summed E-state index contributed by atoms with van der Waals surface area (Å²) in [5.41, 5.74) is 2.14. The molecular formula is C14H19N. The van der Waals surface area contributed by atoms with E-state index in [0.717, 1.165) is 6.04 Å². The monoisotopic (exact) mass is 201 g/mol. The predicted molar refractivity (Wildman–Crippen MR) is 62.8 cm³/mol. The van der Waals surface area contributed by atoms with Gasteiger partial charge in [0.1, 0.15) is 0 Å². The first kappa shape index (κ1) is 9.41. The quantitative estimate of drug-likeness (QED) is 0.793. The van der Waals surface area contributed by atoms with Crippen LogP contribution in [0.25, 0.3) is 0 Å². The third-order valence-electron chi connectivity index (χ3n) is 4.09. The first-order valence-electron chi connectivity index (χ1n) is 6.16. The van der Waals surface area contributed by atoms with Gasteiger partial charge in [0.05, 0.1) is 0 Å². The first-order chi connectivity index (χ1) is 7.39. The maximum absolute atomic E-state index is 3.68. The smallest absolute Gasteiger partial charge is 0.0127 e. The van der Waals surface area contributed by atoms with Crippen molar-refractivity contribution in [2.24, 2.45) is 5.41 Å². The lowest BCUT2D eigenvalue weighted by Gasteiger charge is -2.23. The summed E-state index contributed by atoms with van der Waals surface area (Å²) in [5.74, 6) is 0. The Balaban J connectivity index is 1.72. The van der Waals surface area contributed by atoms with Crippen LogP contribution in [0.2, 0.25) is 0 Å². The second kappa shape index (κ2) is 3.64. The Morgan fingerprint density at radius 3 is 2.60 bits per heavy atom. The third kappa shape index (κ3) is 1.81. The standard InChI is InChI=1S/C14H19N/c1-2-5-12(6-3-1)11-14(8-9-14)13-7-4-10-15-13/h1-3,5-6,13,15H,4,7-11H2. The summed E-state index contributed by atoms with van der Waals surface area (Å²) < 4.78 is 0. The van der Waals surface area contributed by atoms with Crippen LogP contribution >= 0.6 is 0 Å². The normalized spacial score (nSPS) is 27.9. The molecule has 3 rings (SSSR count). The molecule has 0 spiro atoms. The van der Waals surface area contributed by atoms with Gasteiger partial charge in [-0.2, -0.15) is 0 Å². The van der Waals surface area contributed by atoms with E-state index in [9.17, 15) is 0 Å². The Labute approximate surface area is 91.9 Å². The van der Waals surface area contributed by atoms with Crippen LogP contribution in [0.4, 0.5) is 0 Å². The molecular weight excluding hydrogens is 182 g/mol. The Morgan fingerprint density at radius 1 is 1.20 bits per heavy atom. The second-order valence-corrected chi connectivity index (χ2v) is 5.17. The van der Waals surface area contributed by atoms with Gasteiger partial charge in [-0.05, 0) is 49.6 Å². The molecule has 0 amide bonds. The SMILES string of the molecule is c1ccc(CC2(C3CCCN3)CC2)cc1. The summed E-state index contributed by atoms with van der Waals surface area (Å²) in [6.45, 7) is 1.24. The molecule has 1 saturated carbocycles. The zero-order valence-electron chi connectivity index (χ0n) is 9.21. The number of benzene rings is 1. The van der Waals surface area contributed by atoms with Crippen LogP contribution in [0.15, 0.2) is 30.3 Å². The van der Waals surface area contributed by atoms with Crippen molar-refractivity contribution in [1.82, 2.24) is 5.32 Å². The molecule has 1 aromatic rings. The van der Waals surface area contributed by atoms with Crippen molar-refractivity contribution in [2.45, 2.75) is 38.1 Å². The number of hydrogen-bond acceptors (Lipinski definition) is 1. The van der Waals surface area contributed by atoms with Crippen molar-refractivity contribution >= 4 is 0 Å². The van der Waals surface area contributed by atoms with Gasteiger partial charge >= 0.3 is 0 Å². The Bertz CT molecular complexity index is 320. The Kier molecular flexibility index (Phi) is 2.28. The number of nitrogens with one attached hydrogen (secondary N) is 1. The molecule has 1 N–H and O–H groups in total. The van der Waals surface area contributed by atoms with E-state index in [1.165, 1.54) is 44.2 Å². The van der Waals surface area contributed by atoms with E-state index in [2.05, 4.69) is 35.6 Å². The molecule has 1 unspecified atom stereocenters. The van der Waals surface area contributed by atoms with E-state index in [1.54, 1.807) is 0 Å². The van der Waals surface area contributed by atoms with Gasteiger partial charge in [0.15, 0.2) is 0 Å². The molecule has 15 heavy (non-hydrogen) atoms. The van der Waals surface area contributed by atoms with Crippen LogP contribution in [0, 0.1) is 5.41 Å². The lowest BCUT2D eigenvalue weighted by Crippen LogP contribution is -2.33. The topological polar surface area (TPSA) is 12.0 Å². The third-order valence-corrected chi connectivity index (χ3v) is 4.09. The van der Waals surface area contributed by atoms with Crippen LogP contribution < -0.4 is 5.32 Å². The first-order valence-corrected chi connectivity index (χ1v) is 6.16. The van der Waals surface area contributed by atoms with Gasteiger partial charge in [-0.25, -0.2) is 0 Å². The van der Waals surface area contributed by atoms with Gasteiger partial charge in [0.25, 0.3) is 0 Å². The minimum Gasteiger partial charge on any atom is -0.313 e. The van der Waals surface area contributed by atoms with Gasteiger partial charge in [0, 0.05) is 6.04 Å². The van der Waals surface area contributed by atoms with Crippen molar-refractivity contribution in [3.8, 4) is 0 Å². The molecule has 1 aliphatic heterocycles. The maximum Gasteiger partial charge on any atom is 0.0127 e. The maximum atomic E-state index is 3.68. The molecule has 1 aliphatic carbocycles. The highest BCUT2D eigenvalue weighted by Gasteiger charge is 2.49. The van der Waals surface area contributed by atoms with E-state index < -0.39 is 0 Å². The highest BCUT2D eigenvalue weighted by atomic mass is 15.0. The number of rotatable bonds is 3. The molecule has 0 aromatic heterocycles. The highest BCUT2D eigenvalue weighted by molar-refractivity contribution is 5.20. The fourth-order valence-electron chi connectivity index (χ4n) is 3.02. The molecule has 1 heterocycles. The zero-order chi connectivity index (χ0) is 10.1. The molecule has 1 saturated heterocycles.